The zero-order valence-electron chi connectivity index (χ0n) is 14.8. The van der Waals surface area contributed by atoms with Gasteiger partial charge in [-0.05, 0) is 45.3 Å². The molecule has 1 aliphatic heterocycles. The van der Waals surface area contributed by atoms with Crippen LogP contribution in [0.3, 0.4) is 0 Å². The predicted octanol–water partition coefficient (Wildman–Crippen LogP) is 5.17. The molecular formula is C18H18F3N3O2S. The van der Waals surface area contributed by atoms with Crippen LogP contribution >= 0.6 is 11.8 Å². The van der Waals surface area contributed by atoms with Crippen LogP contribution in [0.2, 0.25) is 0 Å². The van der Waals surface area contributed by atoms with Crippen molar-refractivity contribution in [1.29, 1.82) is 0 Å². The SMILES string of the molecule is CN(C)CCCN1c2ccc([N+](=O)[O-])cc2Sc2cccc(C(F)(F)F)c21. The Morgan fingerprint density at radius 1 is 1.19 bits per heavy atom. The van der Waals surface area contributed by atoms with Gasteiger partial charge in [0, 0.05) is 28.5 Å². The summed E-state index contributed by atoms with van der Waals surface area (Å²) in [6, 6.07) is 8.35. The third kappa shape index (κ3) is 4.03. The molecule has 3 rings (SSSR count). The molecule has 9 heteroatoms. The molecule has 27 heavy (non-hydrogen) atoms. The Hall–Kier alpha value is -2.26. The maximum absolute atomic E-state index is 13.6. The Labute approximate surface area is 158 Å². The highest BCUT2D eigenvalue weighted by Crippen LogP contribution is 2.53. The summed E-state index contributed by atoms with van der Waals surface area (Å²) in [6.07, 6.45) is -3.83. The lowest BCUT2D eigenvalue weighted by molar-refractivity contribution is -0.385. The molecule has 2 aromatic rings. The fourth-order valence-corrected chi connectivity index (χ4v) is 4.21. The van der Waals surface area contributed by atoms with Crippen molar-refractivity contribution in [2.45, 2.75) is 22.4 Å². The fourth-order valence-electron chi connectivity index (χ4n) is 3.05. The maximum Gasteiger partial charge on any atom is 0.418 e. The Morgan fingerprint density at radius 3 is 2.56 bits per heavy atom. The highest BCUT2D eigenvalue weighted by molar-refractivity contribution is 7.99. The van der Waals surface area contributed by atoms with Crippen molar-refractivity contribution in [3.63, 3.8) is 0 Å². The predicted molar refractivity (Wildman–Crippen MR) is 98.8 cm³/mol. The van der Waals surface area contributed by atoms with Crippen molar-refractivity contribution in [3.05, 3.63) is 52.1 Å². The van der Waals surface area contributed by atoms with Crippen LogP contribution in [-0.2, 0) is 6.18 Å². The first kappa shape index (κ1) is 19.5. The van der Waals surface area contributed by atoms with Crippen LogP contribution < -0.4 is 4.90 Å². The molecule has 0 saturated carbocycles. The molecule has 0 radical (unpaired) electrons. The highest BCUT2D eigenvalue weighted by Gasteiger charge is 2.38. The quantitative estimate of drug-likeness (QED) is 0.515. The monoisotopic (exact) mass is 397 g/mol. The summed E-state index contributed by atoms with van der Waals surface area (Å²) in [5, 5.41) is 11.1. The molecule has 1 heterocycles. The molecule has 1 aliphatic rings. The number of nitrogens with zero attached hydrogens (tertiary/aromatic N) is 3. The minimum atomic E-state index is -4.48. The van der Waals surface area contributed by atoms with Crippen LogP contribution in [0.1, 0.15) is 12.0 Å². The summed E-state index contributed by atoms with van der Waals surface area (Å²) >= 11 is 1.13. The number of alkyl halides is 3. The van der Waals surface area contributed by atoms with Crippen LogP contribution in [0.4, 0.5) is 30.2 Å². The van der Waals surface area contributed by atoms with Gasteiger partial charge in [0.15, 0.2) is 0 Å². The van der Waals surface area contributed by atoms with Gasteiger partial charge in [0.1, 0.15) is 0 Å². The third-order valence-corrected chi connectivity index (χ3v) is 5.32. The minimum Gasteiger partial charge on any atom is -0.339 e. The molecule has 0 unspecified atom stereocenters. The van der Waals surface area contributed by atoms with Crippen molar-refractivity contribution in [3.8, 4) is 0 Å². The first-order valence-electron chi connectivity index (χ1n) is 8.27. The molecule has 0 aromatic heterocycles. The van der Waals surface area contributed by atoms with Crippen LogP contribution in [0.15, 0.2) is 46.2 Å². The number of nitro benzene ring substituents is 1. The van der Waals surface area contributed by atoms with Crippen LogP contribution in [0.25, 0.3) is 0 Å². The Bertz CT molecular complexity index is 871. The van der Waals surface area contributed by atoms with Crippen LogP contribution in [0, 0.1) is 10.1 Å². The molecule has 0 atom stereocenters. The molecule has 2 aromatic carbocycles. The number of hydrogen-bond acceptors (Lipinski definition) is 5. The smallest absolute Gasteiger partial charge is 0.339 e. The van der Waals surface area contributed by atoms with Crippen molar-refractivity contribution in [2.75, 3.05) is 32.1 Å². The third-order valence-electron chi connectivity index (χ3n) is 4.23. The summed E-state index contributed by atoms with van der Waals surface area (Å²) in [7, 11) is 3.80. The summed E-state index contributed by atoms with van der Waals surface area (Å²) in [5.74, 6) is 0. The van der Waals surface area contributed by atoms with Gasteiger partial charge < -0.3 is 9.80 Å². The van der Waals surface area contributed by atoms with E-state index in [1.54, 1.807) is 11.0 Å². The number of anilines is 2. The van der Waals surface area contributed by atoms with Gasteiger partial charge in [0.05, 0.1) is 21.9 Å². The first-order valence-corrected chi connectivity index (χ1v) is 9.09. The summed E-state index contributed by atoms with van der Waals surface area (Å²) in [6.45, 7) is 1.10. The van der Waals surface area contributed by atoms with Crippen molar-refractivity contribution in [1.82, 2.24) is 4.90 Å². The van der Waals surface area contributed by atoms with E-state index in [4.69, 9.17) is 0 Å². The van der Waals surface area contributed by atoms with Gasteiger partial charge in [-0.2, -0.15) is 13.2 Å². The second-order valence-corrected chi connectivity index (χ2v) is 7.55. The molecular weight excluding hydrogens is 379 g/mol. The fraction of sp³-hybridized carbons (Fsp3) is 0.333. The summed E-state index contributed by atoms with van der Waals surface area (Å²) in [4.78, 5) is 15.2. The molecule has 0 N–H and O–H groups in total. The highest BCUT2D eigenvalue weighted by atomic mass is 32.2. The van der Waals surface area contributed by atoms with E-state index < -0.39 is 16.7 Å². The number of rotatable bonds is 5. The molecule has 5 nitrogen and oxygen atoms in total. The van der Waals surface area contributed by atoms with E-state index >= 15 is 0 Å². The molecule has 144 valence electrons. The molecule has 0 amide bonds. The molecule has 0 aliphatic carbocycles. The number of hydrogen-bond donors (Lipinski definition) is 0. The van der Waals surface area contributed by atoms with E-state index in [-0.39, 0.29) is 11.4 Å². The number of para-hydroxylation sites is 1. The molecule has 0 spiro atoms. The number of benzene rings is 2. The van der Waals surface area contributed by atoms with Gasteiger partial charge >= 0.3 is 6.18 Å². The molecule has 0 saturated heterocycles. The largest absolute Gasteiger partial charge is 0.418 e. The summed E-state index contributed by atoms with van der Waals surface area (Å²) < 4.78 is 40.8. The van der Waals surface area contributed by atoms with Crippen molar-refractivity contribution >= 4 is 28.8 Å². The molecule has 0 bridgehead atoms. The lowest BCUT2D eigenvalue weighted by atomic mass is 10.1. The average Bonchev–Trinajstić information content (AvgIpc) is 2.58. The standard InChI is InChI=1S/C18H18F3N3O2S/c1-22(2)9-4-10-23-14-8-7-12(24(25)26)11-16(14)27-15-6-3-5-13(17(15)23)18(19,20)21/h3,5-8,11H,4,9-10H2,1-2H3. The van der Waals surface area contributed by atoms with E-state index in [1.165, 1.54) is 24.3 Å². The average molecular weight is 397 g/mol. The van der Waals surface area contributed by atoms with Gasteiger partial charge in [0.25, 0.3) is 5.69 Å². The first-order chi connectivity index (χ1) is 12.7. The van der Waals surface area contributed by atoms with E-state index in [0.717, 1.165) is 24.4 Å². The second-order valence-electron chi connectivity index (χ2n) is 6.47. The van der Waals surface area contributed by atoms with Crippen molar-refractivity contribution < 1.29 is 18.1 Å². The van der Waals surface area contributed by atoms with Gasteiger partial charge in [-0.3, -0.25) is 10.1 Å². The Morgan fingerprint density at radius 2 is 1.93 bits per heavy atom. The zero-order chi connectivity index (χ0) is 19.8. The minimum absolute atomic E-state index is 0.0788. The van der Waals surface area contributed by atoms with E-state index in [9.17, 15) is 23.3 Å². The van der Waals surface area contributed by atoms with Gasteiger partial charge in [-0.15, -0.1) is 0 Å². The number of non-ortho nitro benzene ring substituents is 1. The van der Waals surface area contributed by atoms with E-state index in [2.05, 4.69) is 0 Å². The topological polar surface area (TPSA) is 49.6 Å². The summed E-state index contributed by atoms with van der Waals surface area (Å²) in [5.41, 5.74) is -0.0880. The zero-order valence-corrected chi connectivity index (χ0v) is 15.6. The number of fused-ring (bicyclic) bond motifs is 2. The van der Waals surface area contributed by atoms with Gasteiger partial charge in [0.2, 0.25) is 0 Å². The van der Waals surface area contributed by atoms with E-state index in [1.807, 2.05) is 19.0 Å². The number of halogens is 3. The Kier molecular flexibility index (Phi) is 5.34. The lowest BCUT2D eigenvalue weighted by Crippen LogP contribution is -2.27. The van der Waals surface area contributed by atoms with Gasteiger partial charge in [-0.1, -0.05) is 17.8 Å². The van der Waals surface area contributed by atoms with Gasteiger partial charge in [-0.25, -0.2) is 0 Å². The lowest BCUT2D eigenvalue weighted by Gasteiger charge is -2.35. The Balaban J connectivity index is 2.10. The number of nitro groups is 1. The van der Waals surface area contributed by atoms with Crippen LogP contribution in [-0.4, -0.2) is 37.0 Å². The van der Waals surface area contributed by atoms with Crippen molar-refractivity contribution in [2.24, 2.45) is 0 Å². The second kappa shape index (κ2) is 7.40. The van der Waals surface area contributed by atoms with E-state index in [0.29, 0.717) is 28.4 Å². The maximum atomic E-state index is 13.6. The molecule has 0 fully saturated rings. The van der Waals surface area contributed by atoms with Crippen LogP contribution in [0.5, 0.6) is 0 Å². The normalized spacial score (nSPS) is 13.5.